The topological polar surface area (TPSA) is 67.2 Å². The zero-order chi connectivity index (χ0) is 14.1. The van der Waals surface area contributed by atoms with Crippen LogP contribution in [0.25, 0.3) is 0 Å². The first-order valence-electron chi connectivity index (χ1n) is 6.20. The summed E-state index contributed by atoms with van der Waals surface area (Å²) in [6, 6.07) is 8.77. The third-order valence-corrected chi connectivity index (χ3v) is 4.81. The fourth-order valence-corrected chi connectivity index (χ4v) is 3.38. The van der Waals surface area contributed by atoms with Gasteiger partial charge in [0.05, 0.1) is 17.6 Å². The van der Waals surface area contributed by atoms with Crippen LogP contribution in [0.5, 0.6) is 0 Å². The van der Waals surface area contributed by atoms with E-state index in [2.05, 4.69) is 6.07 Å². The van der Waals surface area contributed by atoms with Gasteiger partial charge in [-0.15, -0.1) is 0 Å². The molecular weight excluding hydrogens is 262 g/mol. The number of aryl methyl sites for hydroxylation is 1. The molecule has 1 saturated carbocycles. The van der Waals surface area contributed by atoms with Crippen molar-refractivity contribution in [2.24, 2.45) is 11.3 Å². The van der Waals surface area contributed by atoms with Crippen LogP contribution < -0.4 is 0 Å². The molecule has 0 heterocycles. The Morgan fingerprint density at radius 3 is 2.47 bits per heavy atom. The van der Waals surface area contributed by atoms with Crippen molar-refractivity contribution >= 4 is 10.1 Å². The van der Waals surface area contributed by atoms with Crippen molar-refractivity contribution in [3.63, 3.8) is 0 Å². The second-order valence-corrected chi connectivity index (χ2v) is 7.19. The highest BCUT2D eigenvalue weighted by atomic mass is 32.2. The average Bonchev–Trinajstić information content (AvgIpc) is 2.33. The van der Waals surface area contributed by atoms with Crippen LogP contribution in [0.15, 0.2) is 29.2 Å². The van der Waals surface area contributed by atoms with Crippen LogP contribution in [-0.4, -0.2) is 15.0 Å². The van der Waals surface area contributed by atoms with Gasteiger partial charge in [0, 0.05) is 5.92 Å². The predicted molar refractivity (Wildman–Crippen MR) is 70.8 cm³/mol. The van der Waals surface area contributed by atoms with Gasteiger partial charge in [-0.1, -0.05) is 24.6 Å². The molecule has 4 nitrogen and oxygen atoms in total. The first-order chi connectivity index (χ1) is 8.85. The summed E-state index contributed by atoms with van der Waals surface area (Å²) in [6.45, 7) is 3.99. The first-order valence-corrected chi connectivity index (χ1v) is 7.61. The van der Waals surface area contributed by atoms with Crippen molar-refractivity contribution in [1.29, 1.82) is 5.26 Å². The Labute approximate surface area is 114 Å². The smallest absolute Gasteiger partial charge is 0.266 e. The van der Waals surface area contributed by atoms with Crippen LogP contribution in [-0.2, 0) is 14.3 Å². The minimum Gasteiger partial charge on any atom is -0.266 e. The number of hydrogen-bond acceptors (Lipinski definition) is 4. The highest BCUT2D eigenvalue weighted by Crippen LogP contribution is 2.45. The largest absolute Gasteiger partial charge is 0.296 e. The van der Waals surface area contributed by atoms with E-state index in [1.807, 2.05) is 13.8 Å². The molecule has 102 valence electrons. The number of nitriles is 1. The lowest BCUT2D eigenvalue weighted by Crippen LogP contribution is -2.38. The molecule has 1 aromatic rings. The minimum absolute atomic E-state index is 0.0377. The van der Waals surface area contributed by atoms with Crippen molar-refractivity contribution in [2.75, 3.05) is 6.61 Å². The molecule has 0 atom stereocenters. The lowest BCUT2D eigenvalue weighted by atomic mass is 9.64. The Bertz CT molecular complexity index is 593. The van der Waals surface area contributed by atoms with Crippen LogP contribution in [0.3, 0.4) is 0 Å². The van der Waals surface area contributed by atoms with E-state index < -0.39 is 10.1 Å². The monoisotopic (exact) mass is 279 g/mol. The summed E-state index contributed by atoms with van der Waals surface area (Å²) in [5.41, 5.74) is 0.805. The summed E-state index contributed by atoms with van der Waals surface area (Å²) in [6.07, 6.45) is 1.40. The Hall–Kier alpha value is -1.38. The molecule has 1 aromatic carbocycles. The third kappa shape index (κ3) is 3.14. The summed E-state index contributed by atoms with van der Waals surface area (Å²) in [7, 11) is -3.69. The van der Waals surface area contributed by atoms with Crippen LogP contribution in [0.4, 0.5) is 0 Å². The summed E-state index contributed by atoms with van der Waals surface area (Å²) >= 11 is 0. The lowest BCUT2D eigenvalue weighted by Gasteiger charge is -2.41. The summed E-state index contributed by atoms with van der Waals surface area (Å²) in [4.78, 5) is 0.179. The molecule has 5 heteroatoms. The summed E-state index contributed by atoms with van der Waals surface area (Å²) in [5.74, 6) is 0.0377. The average molecular weight is 279 g/mol. The minimum atomic E-state index is -3.69. The van der Waals surface area contributed by atoms with Gasteiger partial charge in [0.15, 0.2) is 0 Å². The Morgan fingerprint density at radius 2 is 1.95 bits per heavy atom. The molecule has 0 radical (unpaired) electrons. The second-order valence-electron chi connectivity index (χ2n) is 5.57. The maximum atomic E-state index is 12.0. The fourth-order valence-electron chi connectivity index (χ4n) is 2.33. The molecule has 0 bridgehead atoms. The quantitative estimate of drug-likeness (QED) is 0.795. The Kier molecular flexibility index (Phi) is 3.66. The number of nitrogens with zero attached hydrogens (tertiary/aromatic N) is 1. The van der Waals surface area contributed by atoms with E-state index in [-0.39, 0.29) is 22.8 Å². The lowest BCUT2D eigenvalue weighted by molar-refractivity contribution is 0.0491. The molecule has 1 aliphatic rings. The number of rotatable bonds is 4. The van der Waals surface area contributed by atoms with Crippen molar-refractivity contribution < 1.29 is 12.6 Å². The molecule has 0 aromatic heterocycles. The highest BCUT2D eigenvalue weighted by molar-refractivity contribution is 7.86. The summed E-state index contributed by atoms with van der Waals surface area (Å²) < 4.78 is 29.1. The molecule has 1 aliphatic carbocycles. The van der Waals surface area contributed by atoms with Crippen LogP contribution in [0, 0.1) is 29.6 Å². The fraction of sp³-hybridized carbons (Fsp3) is 0.500. The molecule has 0 unspecified atom stereocenters. The van der Waals surface area contributed by atoms with Gasteiger partial charge in [-0.05, 0) is 37.3 Å². The second kappa shape index (κ2) is 4.95. The number of benzene rings is 1. The number of hydrogen-bond donors (Lipinski definition) is 0. The maximum Gasteiger partial charge on any atom is 0.296 e. The van der Waals surface area contributed by atoms with Gasteiger partial charge in [0.25, 0.3) is 10.1 Å². The first kappa shape index (κ1) is 14.0. The maximum absolute atomic E-state index is 12.0. The van der Waals surface area contributed by atoms with E-state index in [0.717, 1.165) is 5.56 Å². The van der Waals surface area contributed by atoms with Crippen LogP contribution in [0.2, 0.25) is 0 Å². The molecule has 1 fully saturated rings. The third-order valence-electron chi connectivity index (χ3n) is 3.53. The van der Waals surface area contributed by atoms with E-state index in [9.17, 15) is 8.42 Å². The van der Waals surface area contributed by atoms with E-state index in [1.54, 1.807) is 24.3 Å². The van der Waals surface area contributed by atoms with Crippen molar-refractivity contribution in [3.05, 3.63) is 29.8 Å². The van der Waals surface area contributed by atoms with E-state index in [1.165, 1.54) is 0 Å². The zero-order valence-electron chi connectivity index (χ0n) is 11.1. The highest BCUT2D eigenvalue weighted by Gasteiger charge is 2.41. The molecule has 0 saturated heterocycles. The van der Waals surface area contributed by atoms with E-state index >= 15 is 0 Å². The Morgan fingerprint density at radius 1 is 1.37 bits per heavy atom. The van der Waals surface area contributed by atoms with Gasteiger partial charge >= 0.3 is 0 Å². The molecule has 19 heavy (non-hydrogen) atoms. The van der Waals surface area contributed by atoms with Crippen molar-refractivity contribution in [2.45, 2.75) is 31.6 Å². The molecular formula is C14H17NO3S. The predicted octanol–water partition coefficient (Wildman–Crippen LogP) is 2.64. The van der Waals surface area contributed by atoms with Gasteiger partial charge in [0.2, 0.25) is 0 Å². The van der Waals surface area contributed by atoms with Gasteiger partial charge in [-0.3, -0.25) is 4.18 Å². The van der Waals surface area contributed by atoms with Gasteiger partial charge in [0.1, 0.15) is 0 Å². The van der Waals surface area contributed by atoms with Gasteiger partial charge in [-0.2, -0.15) is 13.7 Å². The molecule has 0 N–H and O–H groups in total. The zero-order valence-corrected chi connectivity index (χ0v) is 11.9. The Balaban J connectivity index is 1.99. The van der Waals surface area contributed by atoms with Crippen molar-refractivity contribution in [3.8, 4) is 6.07 Å². The van der Waals surface area contributed by atoms with E-state index in [0.29, 0.717) is 12.8 Å². The summed E-state index contributed by atoms with van der Waals surface area (Å²) in [5, 5.41) is 8.74. The van der Waals surface area contributed by atoms with E-state index in [4.69, 9.17) is 9.44 Å². The SMILES string of the molecule is Cc1ccc(S(=O)(=O)OCC2(C)CC(C#N)C2)cc1. The van der Waals surface area contributed by atoms with Crippen LogP contribution in [0.1, 0.15) is 25.3 Å². The molecule has 0 spiro atoms. The van der Waals surface area contributed by atoms with Gasteiger partial charge < -0.3 is 0 Å². The standard InChI is InChI=1S/C14H17NO3S/c1-11-3-5-13(6-4-11)19(16,17)18-10-14(2)7-12(8-14)9-15/h3-6,12H,7-8,10H2,1-2H3. The molecule has 0 aliphatic heterocycles. The molecule has 0 amide bonds. The normalized spacial score (nSPS) is 26.5. The van der Waals surface area contributed by atoms with Crippen molar-refractivity contribution in [1.82, 2.24) is 0 Å². The molecule has 2 rings (SSSR count). The van der Waals surface area contributed by atoms with Gasteiger partial charge in [-0.25, -0.2) is 0 Å². The van der Waals surface area contributed by atoms with Crippen LogP contribution >= 0.6 is 0 Å².